The van der Waals surface area contributed by atoms with Crippen molar-refractivity contribution in [2.75, 3.05) is 11.4 Å². The van der Waals surface area contributed by atoms with E-state index < -0.39 is 0 Å². The van der Waals surface area contributed by atoms with Crippen LogP contribution < -0.4 is 10.6 Å². The molecule has 0 aliphatic carbocycles. The second-order valence-electron chi connectivity index (χ2n) is 4.59. The number of aliphatic imine (C=N–C) groups is 1. The van der Waals surface area contributed by atoms with Crippen LogP contribution in [0.2, 0.25) is 0 Å². The van der Waals surface area contributed by atoms with E-state index >= 15 is 0 Å². The molecule has 0 fully saturated rings. The zero-order chi connectivity index (χ0) is 14.1. The van der Waals surface area contributed by atoms with Crippen molar-refractivity contribution in [3.63, 3.8) is 0 Å². The Bertz CT molecular complexity index is 657. The Kier molecular flexibility index (Phi) is 3.44. The van der Waals surface area contributed by atoms with Crippen LogP contribution >= 0.6 is 15.9 Å². The first-order chi connectivity index (χ1) is 9.66. The van der Waals surface area contributed by atoms with Crippen molar-refractivity contribution < 1.29 is 4.39 Å². The summed E-state index contributed by atoms with van der Waals surface area (Å²) in [6.07, 6.45) is 0. The predicted octanol–water partition coefficient (Wildman–Crippen LogP) is 3.46. The van der Waals surface area contributed by atoms with Gasteiger partial charge in [0, 0.05) is 10.2 Å². The number of nitrogens with two attached hydrogens (primary N) is 1. The quantitative estimate of drug-likeness (QED) is 0.914. The van der Waals surface area contributed by atoms with Crippen LogP contribution in [0.25, 0.3) is 0 Å². The molecule has 2 N–H and O–H groups in total. The minimum absolute atomic E-state index is 0.0209. The average molecular weight is 334 g/mol. The maximum absolute atomic E-state index is 13.2. The summed E-state index contributed by atoms with van der Waals surface area (Å²) in [5.41, 5.74) is 7.96. The highest BCUT2D eigenvalue weighted by atomic mass is 79.9. The highest BCUT2D eigenvalue weighted by molar-refractivity contribution is 9.10. The van der Waals surface area contributed by atoms with Crippen molar-refractivity contribution >= 4 is 27.6 Å². The number of guanidine groups is 1. The molecule has 0 saturated carbocycles. The molecule has 102 valence electrons. The van der Waals surface area contributed by atoms with Gasteiger partial charge in [-0.3, -0.25) is 4.99 Å². The lowest BCUT2D eigenvalue weighted by atomic mass is 10.1. The second kappa shape index (κ2) is 5.25. The molecule has 0 spiro atoms. The molecule has 3 nitrogen and oxygen atoms in total. The third-order valence-corrected chi connectivity index (χ3v) is 4.03. The summed E-state index contributed by atoms with van der Waals surface area (Å²) >= 11 is 3.42. The molecule has 1 heterocycles. The Morgan fingerprint density at radius 1 is 1.20 bits per heavy atom. The second-order valence-corrected chi connectivity index (χ2v) is 5.44. The third-order valence-electron chi connectivity index (χ3n) is 3.34. The number of hydrogen-bond donors (Lipinski definition) is 1. The van der Waals surface area contributed by atoms with Crippen molar-refractivity contribution in [3.8, 4) is 0 Å². The molecule has 1 atom stereocenters. The largest absolute Gasteiger partial charge is 0.369 e. The van der Waals surface area contributed by atoms with Gasteiger partial charge in [-0.1, -0.05) is 40.2 Å². The van der Waals surface area contributed by atoms with Crippen LogP contribution in [0.15, 0.2) is 58.0 Å². The summed E-state index contributed by atoms with van der Waals surface area (Å²) in [7, 11) is 0. The molecule has 5 heteroatoms. The summed E-state index contributed by atoms with van der Waals surface area (Å²) in [6.45, 7) is 0.560. The number of para-hydroxylation sites is 1. The zero-order valence-electron chi connectivity index (χ0n) is 10.6. The Labute approximate surface area is 125 Å². The van der Waals surface area contributed by atoms with Crippen molar-refractivity contribution in [1.82, 2.24) is 0 Å². The van der Waals surface area contributed by atoms with Crippen molar-refractivity contribution in [1.29, 1.82) is 0 Å². The van der Waals surface area contributed by atoms with Gasteiger partial charge in [0.1, 0.15) is 5.82 Å². The van der Waals surface area contributed by atoms with Crippen LogP contribution in [0.3, 0.4) is 0 Å². The predicted molar refractivity (Wildman–Crippen MR) is 82.3 cm³/mol. The van der Waals surface area contributed by atoms with Gasteiger partial charge in [0.05, 0.1) is 12.6 Å². The van der Waals surface area contributed by atoms with Gasteiger partial charge in [0.15, 0.2) is 5.96 Å². The summed E-state index contributed by atoms with van der Waals surface area (Å²) < 4.78 is 14.0. The van der Waals surface area contributed by atoms with Crippen LogP contribution in [0.4, 0.5) is 10.1 Å². The van der Waals surface area contributed by atoms with Crippen LogP contribution in [-0.2, 0) is 0 Å². The van der Waals surface area contributed by atoms with E-state index in [0.717, 1.165) is 15.7 Å². The maximum Gasteiger partial charge on any atom is 0.196 e. The highest BCUT2D eigenvalue weighted by Crippen LogP contribution is 2.34. The monoisotopic (exact) mass is 333 g/mol. The first-order valence-corrected chi connectivity index (χ1v) is 7.05. The average Bonchev–Trinajstić information content (AvgIpc) is 2.81. The maximum atomic E-state index is 13.2. The Morgan fingerprint density at radius 3 is 2.65 bits per heavy atom. The number of hydrogen-bond acceptors (Lipinski definition) is 3. The molecule has 2 aromatic rings. The van der Waals surface area contributed by atoms with E-state index in [1.165, 1.54) is 12.1 Å². The van der Waals surface area contributed by atoms with E-state index in [2.05, 4.69) is 20.9 Å². The van der Waals surface area contributed by atoms with Gasteiger partial charge in [-0.05, 0) is 29.8 Å². The molecule has 0 bridgehead atoms. The minimum atomic E-state index is -0.265. The fourth-order valence-corrected chi connectivity index (χ4v) is 3.02. The first kappa shape index (κ1) is 13.1. The molecule has 1 unspecified atom stereocenters. The molecule has 1 aliphatic heterocycles. The van der Waals surface area contributed by atoms with E-state index in [-0.39, 0.29) is 11.9 Å². The van der Waals surface area contributed by atoms with Gasteiger partial charge in [-0.2, -0.15) is 0 Å². The van der Waals surface area contributed by atoms with Gasteiger partial charge in [-0.15, -0.1) is 0 Å². The Balaban J connectivity index is 2.01. The fraction of sp³-hybridized carbons (Fsp3) is 0.133. The lowest BCUT2D eigenvalue weighted by molar-refractivity contribution is 0.624. The van der Waals surface area contributed by atoms with Gasteiger partial charge < -0.3 is 10.6 Å². The Morgan fingerprint density at radius 2 is 1.95 bits per heavy atom. The standard InChI is InChI=1S/C15H13BrFN3/c16-13-8-10(17)6-7-12(13)14-9-19-15(18)20(14)11-4-2-1-3-5-11/h1-8,14H,9H2,(H2,18,19). The smallest absolute Gasteiger partial charge is 0.196 e. The normalized spacial score (nSPS) is 18.2. The Hall–Kier alpha value is -1.88. The van der Waals surface area contributed by atoms with Crippen LogP contribution in [0, 0.1) is 5.82 Å². The van der Waals surface area contributed by atoms with Crippen molar-refractivity contribution in [3.05, 3.63) is 64.4 Å². The van der Waals surface area contributed by atoms with E-state index in [1.54, 1.807) is 6.07 Å². The number of benzene rings is 2. The van der Waals surface area contributed by atoms with Gasteiger partial charge in [-0.25, -0.2) is 4.39 Å². The number of halogens is 2. The molecule has 0 aromatic heterocycles. The minimum Gasteiger partial charge on any atom is -0.369 e. The van der Waals surface area contributed by atoms with E-state index in [1.807, 2.05) is 35.2 Å². The number of nitrogens with zero attached hydrogens (tertiary/aromatic N) is 2. The molecule has 0 saturated heterocycles. The van der Waals surface area contributed by atoms with Crippen molar-refractivity contribution in [2.24, 2.45) is 10.7 Å². The van der Waals surface area contributed by atoms with E-state index in [9.17, 15) is 4.39 Å². The number of rotatable bonds is 2. The summed E-state index contributed by atoms with van der Waals surface area (Å²) in [5, 5.41) is 0. The van der Waals surface area contributed by atoms with Crippen LogP contribution in [0.1, 0.15) is 11.6 Å². The first-order valence-electron chi connectivity index (χ1n) is 6.26. The van der Waals surface area contributed by atoms with Gasteiger partial charge in [0.25, 0.3) is 0 Å². The van der Waals surface area contributed by atoms with Crippen LogP contribution in [-0.4, -0.2) is 12.5 Å². The van der Waals surface area contributed by atoms with E-state index in [4.69, 9.17) is 5.73 Å². The molecular weight excluding hydrogens is 321 g/mol. The molecule has 20 heavy (non-hydrogen) atoms. The molecule has 0 radical (unpaired) electrons. The summed E-state index contributed by atoms with van der Waals surface area (Å²) in [4.78, 5) is 6.29. The topological polar surface area (TPSA) is 41.6 Å². The lowest BCUT2D eigenvalue weighted by Gasteiger charge is -2.27. The summed E-state index contributed by atoms with van der Waals surface area (Å²) in [5.74, 6) is 0.219. The van der Waals surface area contributed by atoms with E-state index in [0.29, 0.717) is 12.5 Å². The number of anilines is 1. The SMILES string of the molecule is NC1=NCC(c2ccc(F)cc2Br)N1c1ccccc1. The molecule has 2 aromatic carbocycles. The molecular formula is C15H13BrFN3. The van der Waals surface area contributed by atoms with Crippen LogP contribution in [0.5, 0.6) is 0 Å². The zero-order valence-corrected chi connectivity index (χ0v) is 12.2. The highest BCUT2D eigenvalue weighted by Gasteiger charge is 2.30. The third kappa shape index (κ3) is 2.29. The van der Waals surface area contributed by atoms with Crippen molar-refractivity contribution in [2.45, 2.75) is 6.04 Å². The van der Waals surface area contributed by atoms with Gasteiger partial charge in [0.2, 0.25) is 0 Å². The lowest BCUT2D eigenvalue weighted by Crippen LogP contribution is -2.36. The molecule has 0 amide bonds. The molecule has 1 aliphatic rings. The fourth-order valence-electron chi connectivity index (χ4n) is 2.41. The van der Waals surface area contributed by atoms with Gasteiger partial charge >= 0.3 is 0 Å². The molecule has 3 rings (SSSR count). The summed E-state index contributed by atoms with van der Waals surface area (Å²) in [6, 6.07) is 14.5.